The number of halogens is 4. The monoisotopic (exact) mass is 466 g/mol. The molecule has 2 fully saturated rings. The zero-order valence-corrected chi connectivity index (χ0v) is 18.5. The molecule has 0 unspecified atom stereocenters. The Labute approximate surface area is 189 Å². The number of piperidine rings is 1. The minimum atomic E-state index is -4.47. The molecule has 33 heavy (non-hydrogen) atoms. The first-order valence-electron chi connectivity index (χ1n) is 11.0. The molecular formula is C24H26F4N2O3. The Morgan fingerprint density at radius 2 is 1.91 bits per heavy atom. The smallest absolute Gasteiger partial charge is 0.416 e. The van der Waals surface area contributed by atoms with Gasteiger partial charge in [0.1, 0.15) is 11.4 Å². The lowest BCUT2D eigenvalue weighted by atomic mass is 9.92. The first-order valence-corrected chi connectivity index (χ1v) is 11.0. The summed E-state index contributed by atoms with van der Waals surface area (Å²) in [6, 6.07) is 3.74. The van der Waals surface area contributed by atoms with Crippen molar-refractivity contribution in [2.24, 2.45) is 0 Å². The minimum Gasteiger partial charge on any atom is -0.478 e. The molecule has 0 atom stereocenters. The number of rotatable bonds is 6. The van der Waals surface area contributed by atoms with Crippen LogP contribution in [0.3, 0.4) is 0 Å². The van der Waals surface area contributed by atoms with E-state index in [9.17, 15) is 27.5 Å². The fourth-order valence-electron chi connectivity index (χ4n) is 4.35. The molecule has 0 radical (unpaired) electrons. The number of carbonyl (C=O) groups is 1. The average molecular weight is 466 g/mol. The Morgan fingerprint density at radius 1 is 1.24 bits per heavy atom. The topological polar surface area (TPSA) is 62.7 Å². The summed E-state index contributed by atoms with van der Waals surface area (Å²) in [7, 11) is 0. The van der Waals surface area contributed by atoms with Crippen LogP contribution in [0.4, 0.5) is 17.6 Å². The van der Waals surface area contributed by atoms with E-state index < -0.39 is 29.1 Å². The number of aromatic nitrogens is 1. The average Bonchev–Trinajstić information content (AvgIpc) is 3.55. The zero-order chi connectivity index (χ0) is 24.0. The van der Waals surface area contributed by atoms with Crippen molar-refractivity contribution in [2.45, 2.75) is 63.8 Å². The number of carboxylic acid groups (broad SMARTS) is 1. The van der Waals surface area contributed by atoms with Crippen LogP contribution in [0.25, 0.3) is 0 Å². The molecule has 2 aliphatic rings. The van der Waals surface area contributed by atoms with Crippen molar-refractivity contribution in [1.29, 1.82) is 0 Å². The van der Waals surface area contributed by atoms with Crippen molar-refractivity contribution in [3.8, 4) is 5.88 Å². The molecule has 1 aliphatic heterocycles. The molecule has 0 amide bonds. The normalized spacial score (nSPS) is 18.8. The largest absolute Gasteiger partial charge is 0.478 e. The highest BCUT2D eigenvalue weighted by Gasteiger charge is 2.36. The summed E-state index contributed by atoms with van der Waals surface area (Å²) in [6.45, 7) is 4.93. The third kappa shape index (κ3) is 5.29. The van der Waals surface area contributed by atoms with Gasteiger partial charge in [-0.2, -0.15) is 13.2 Å². The van der Waals surface area contributed by atoms with Gasteiger partial charge >= 0.3 is 12.1 Å². The highest BCUT2D eigenvalue weighted by Crippen LogP contribution is 2.43. The van der Waals surface area contributed by atoms with E-state index in [0.717, 1.165) is 30.0 Å². The first-order chi connectivity index (χ1) is 15.4. The summed E-state index contributed by atoms with van der Waals surface area (Å²) in [6.07, 6.45) is -0.234. The maximum absolute atomic E-state index is 14.3. The molecule has 2 heterocycles. The van der Waals surface area contributed by atoms with Crippen molar-refractivity contribution in [2.75, 3.05) is 13.1 Å². The number of aromatic carboxylic acids is 1. The number of aryl methyl sites for hydroxylation is 1. The first kappa shape index (κ1) is 23.5. The molecule has 1 saturated heterocycles. The number of nitrogens with zero attached hydrogens (tertiary/aromatic N) is 2. The Morgan fingerprint density at radius 3 is 2.48 bits per heavy atom. The quantitative estimate of drug-likeness (QED) is 0.565. The van der Waals surface area contributed by atoms with Crippen molar-refractivity contribution in [3.63, 3.8) is 0 Å². The van der Waals surface area contributed by atoms with E-state index in [-0.39, 0.29) is 22.9 Å². The van der Waals surface area contributed by atoms with Crippen molar-refractivity contribution < 1.29 is 32.2 Å². The molecule has 1 N–H and O–H groups in total. The van der Waals surface area contributed by atoms with Gasteiger partial charge in [0.15, 0.2) is 0 Å². The van der Waals surface area contributed by atoms with Crippen LogP contribution in [0.5, 0.6) is 5.88 Å². The van der Waals surface area contributed by atoms with Gasteiger partial charge in [-0.3, -0.25) is 4.90 Å². The van der Waals surface area contributed by atoms with Gasteiger partial charge in [0.05, 0.1) is 11.1 Å². The number of likely N-dealkylation sites (tertiary alicyclic amines) is 1. The second-order valence-electron chi connectivity index (χ2n) is 9.27. The maximum Gasteiger partial charge on any atom is 0.416 e. The lowest BCUT2D eigenvalue weighted by molar-refractivity contribution is -0.138. The fourth-order valence-corrected chi connectivity index (χ4v) is 4.35. The molecule has 1 aliphatic carbocycles. The van der Waals surface area contributed by atoms with Gasteiger partial charge < -0.3 is 9.84 Å². The third-order valence-electron chi connectivity index (χ3n) is 6.52. The zero-order valence-electron chi connectivity index (χ0n) is 18.5. The Hall–Kier alpha value is -2.68. The molecule has 1 saturated carbocycles. The van der Waals surface area contributed by atoms with E-state index in [1.165, 1.54) is 25.3 Å². The van der Waals surface area contributed by atoms with Crippen LogP contribution in [-0.4, -0.2) is 39.7 Å². The molecule has 1 aromatic heterocycles. The molecule has 0 spiro atoms. The van der Waals surface area contributed by atoms with E-state index in [1.54, 1.807) is 0 Å². The number of ether oxygens (including phenoxy) is 1. The van der Waals surface area contributed by atoms with Gasteiger partial charge in [0, 0.05) is 31.9 Å². The number of pyridine rings is 1. The second-order valence-corrected chi connectivity index (χ2v) is 9.27. The lowest BCUT2D eigenvalue weighted by Crippen LogP contribution is -2.46. The summed E-state index contributed by atoms with van der Waals surface area (Å²) < 4.78 is 59.8. The summed E-state index contributed by atoms with van der Waals surface area (Å²) in [5.74, 6) is -1.79. The van der Waals surface area contributed by atoms with Crippen molar-refractivity contribution >= 4 is 5.97 Å². The predicted octanol–water partition coefficient (Wildman–Crippen LogP) is 5.56. The maximum atomic E-state index is 14.3. The molecule has 0 bridgehead atoms. The predicted molar refractivity (Wildman–Crippen MR) is 113 cm³/mol. The molecule has 4 rings (SSSR count). The van der Waals surface area contributed by atoms with Gasteiger partial charge in [-0.1, -0.05) is 0 Å². The Balaban J connectivity index is 1.43. The van der Waals surface area contributed by atoms with Crippen LogP contribution in [0.2, 0.25) is 0 Å². The number of alkyl halides is 3. The Kier molecular flexibility index (Phi) is 6.11. The summed E-state index contributed by atoms with van der Waals surface area (Å²) in [5, 5.41) is 9.23. The van der Waals surface area contributed by atoms with Crippen molar-refractivity contribution in [3.05, 3.63) is 58.0 Å². The summed E-state index contributed by atoms with van der Waals surface area (Å²) >= 11 is 0. The van der Waals surface area contributed by atoms with Gasteiger partial charge in [0.25, 0.3) is 0 Å². The highest BCUT2D eigenvalue weighted by molar-refractivity contribution is 5.88. The van der Waals surface area contributed by atoms with Crippen LogP contribution in [0.15, 0.2) is 24.4 Å². The number of benzene rings is 1. The van der Waals surface area contributed by atoms with Gasteiger partial charge in [0.2, 0.25) is 5.88 Å². The fraction of sp³-hybridized carbons (Fsp3) is 0.500. The lowest BCUT2D eigenvalue weighted by Gasteiger charge is -2.39. The van der Waals surface area contributed by atoms with Crippen LogP contribution >= 0.6 is 0 Å². The van der Waals surface area contributed by atoms with Crippen LogP contribution in [0, 0.1) is 12.7 Å². The summed E-state index contributed by atoms with van der Waals surface area (Å²) in [4.78, 5) is 17.5. The van der Waals surface area contributed by atoms with E-state index in [1.807, 2.05) is 6.92 Å². The molecular weight excluding hydrogens is 440 g/mol. The van der Waals surface area contributed by atoms with E-state index in [4.69, 9.17) is 4.74 Å². The van der Waals surface area contributed by atoms with Gasteiger partial charge in [-0.15, -0.1) is 0 Å². The van der Waals surface area contributed by atoms with E-state index in [2.05, 4.69) is 9.88 Å². The van der Waals surface area contributed by atoms with Gasteiger partial charge in [-0.25, -0.2) is 14.2 Å². The molecule has 178 valence electrons. The number of hydrogen-bond acceptors (Lipinski definition) is 4. The standard InChI is InChI=1S/C24H26F4N2O3/c1-14-12-29-21(11-19(14)24(26,27)28)33-23(2)5-7-30(8-6-23)13-16-9-20(25)18(22(31)32)10-17(16)15-3-4-15/h9-12,15H,3-8,13H2,1-2H3,(H,31,32). The van der Waals surface area contributed by atoms with Gasteiger partial charge in [-0.05, 0) is 74.3 Å². The van der Waals surface area contributed by atoms with E-state index in [0.29, 0.717) is 32.5 Å². The molecule has 1 aromatic carbocycles. The third-order valence-corrected chi connectivity index (χ3v) is 6.52. The minimum absolute atomic E-state index is 0.0439. The highest BCUT2D eigenvalue weighted by atomic mass is 19.4. The molecule has 2 aromatic rings. The van der Waals surface area contributed by atoms with Crippen LogP contribution in [0.1, 0.15) is 71.1 Å². The van der Waals surface area contributed by atoms with Crippen LogP contribution in [-0.2, 0) is 12.7 Å². The van der Waals surface area contributed by atoms with Crippen LogP contribution < -0.4 is 4.74 Å². The van der Waals surface area contributed by atoms with E-state index >= 15 is 0 Å². The summed E-state index contributed by atoms with van der Waals surface area (Å²) in [5.41, 5.74) is 0.000267. The second kappa shape index (κ2) is 8.59. The molecule has 5 nitrogen and oxygen atoms in total. The SMILES string of the molecule is Cc1cnc(OC2(C)CCN(Cc3cc(F)c(C(=O)O)cc3C3CC3)CC2)cc1C(F)(F)F. The number of hydrogen-bond donors (Lipinski definition) is 1. The number of carboxylic acids is 1. The van der Waals surface area contributed by atoms with Crippen molar-refractivity contribution in [1.82, 2.24) is 9.88 Å². The Bertz CT molecular complexity index is 1060. The molecule has 9 heteroatoms.